The third-order valence-corrected chi connectivity index (χ3v) is 5.84. The highest BCUT2D eigenvalue weighted by Gasteiger charge is 2.44. The van der Waals surface area contributed by atoms with Gasteiger partial charge >= 0.3 is 5.97 Å². The Morgan fingerprint density at radius 1 is 1.25 bits per heavy atom. The second-order valence-corrected chi connectivity index (χ2v) is 7.91. The lowest BCUT2D eigenvalue weighted by molar-refractivity contribution is -0.149. The number of hydrogen-bond donors (Lipinski definition) is 1. The SMILES string of the molecule is CCNC(=NCC1(c2ccc(Cl)cc2)CC1)N1CCC(C(=O)OCC)CC1.I. The Morgan fingerprint density at radius 2 is 1.89 bits per heavy atom. The number of esters is 1. The average molecular weight is 520 g/mol. The first-order valence-corrected chi connectivity index (χ1v) is 10.4. The summed E-state index contributed by atoms with van der Waals surface area (Å²) in [6, 6.07) is 8.18. The van der Waals surface area contributed by atoms with Gasteiger partial charge in [-0.3, -0.25) is 9.79 Å². The number of hydrogen-bond acceptors (Lipinski definition) is 3. The van der Waals surface area contributed by atoms with Crippen LogP contribution in [0.1, 0.15) is 45.1 Å². The Labute approximate surface area is 190 Å². The summed E-state index contributed by atoms with van der Waals surface area (Å²) in [5.74, 6) is 0.923. The number of rotatable bonds is 6. The minimum absolute atomic E-state index is 0. The van der Waals surface area contributed by atoms with E-state index in [2.05, 4.69) is 29.3 Å². The first kappa shape index (κ1) is 23.3. The number of piperidine rings is 1. The van der Waals surface area contributed by atoms with Crippen molar-refractivity contribution in [2.45, 2.75) is 44.9 Å². The van der Waals surface area contributed by atoms with E-state index in [-0.39, 0.29) is 41.3 Å². The van der Waals surface area contributed by atoms with Gasteiger partial charge in [-0.25, -0.2) is 0 Å². The van der Waals surface area contributed by atoms with Crippen molar-refractivity contribution in [3.8, 4) is 0 Å². The summed E-state index contributed by atoms with van der Waals surface area (Å²) in [4.78, 5) is 19.2. The lowest BCUT2D eigenvalue weighted by Crippen LogP contribution is -2.47. The van der Waals surface area contributed by atoms with Crippen LogP contribution in [0.2, 0.25) is 5.02 Å². The summed E-state index contributed by atoms with van der Waals surface area (Å²) in [7, 11) is 0. The molecule has 0 bridgehead atoms. The van der Waals surface area contributed by atoms with E-state index < -0.39 is 0 Å². The molecule has 5 nitrogen and oxygen atoms in total. The zero-order valence-electron chi connectivity index (χ0n) is 16.7. The molecule has 1 saturated heterocycles. The van der Waals surface area contributed by atoms with Crippen molar-refractivity contribution in [1.82, 2.24) is 10.2 Å². The zero-order valence-corrected chi connectivity index (χ0v) is 19.8. The van der Waals surface area contributed by atoms with E-state index in [1.54, 1.807) is 0 Å². The van der Waals surface area contributed by atoms with Gasteiger partial charge in [-0.2, -0.15) is 0 Å². The van der Waals surface area contributed by atoms with Gasteiger partial charge in [0.15, 0.2) is 5.96 Å². The fraction of sp³-hybridized carbons (Fsp3) is 0.619. The molecule has 1 aliphatic carbocycles. The number of nitrogens with one attached hydrogen (secondary N) is 1. The molecule has 0 atom stereocenters. The van der Waals surface area contributed by atoms with Crippen molar-refractivity contribution in [3.05, 3.63) is 34.9 Å². The number of nitrogens with zero attached hydrogens (tertiary/aromatic N) is 2. The lowest BCUT2D eigenvalue weighted by Gasteiger charge is -2.33. The van der Waals surface area contributed by atoms with Crippen LogP contribution in [0.3, 0.4) is 0 Å². The topological polar surface area (TPSA) is 53.9 Å². The minimum atomic E-state index is -0.0567. The largest absolute Gasteiger partial charge is 0.466 e. The summed E-state index contributed by atoms with van der Waals surface area (Å²) >= 11 is 6.03. The minimum Gasteiger partial charge on any atom is -0.466 e. The van der Waals surface area contributed by atoms with Crippen LogP contribution in [0.4, 0.5) is 0 Å². The number of halogens is 2. The second kappa shape index (κ2) is 10.7. The highest BCUT2D eigenvalue weighted by Crippen LogP contribution is 2.48. The van der Waals surface area contributed by atoms with E-state index in [4.69, 9.17) is 21.3 Å². The molecule has 1 aromatic rings. The first-order valence-electron chi connectivity index (χ1n) is 10.0. The van der Waals surface area contributed by atoms with Crippen molar-refractivity contribution in [2.75, 3.05) is 32.8 Å². The normalized spacial score (nSPS) is 19.0. The number of likely N-dealkylation sites (tertiary alicyclic amines) is 1. The highest BCUT2D eigenvalue weighted by atomic mass is 127. The van der Waals surface area contributed by atoms with Crippen LogP contribution in [0.5, 0.6) is 0 Å². The van der Waals surface area contributed by atoms with Crippen molar-refractivity contribution >= 4 is 47.5 Å². The third kappa shape index (κ3) is 5.75. The fourth-order valence-electron chi connectivity index (χ4n) is 3.73. The Morgan fingerprint density at radius 3 is 2.43 bits per heavy atom. The zero-order chi connectivity index (χ0) is 19.3. The molecular formula is C21H31ClIN3O2. The van der Waals surface area contributed by atoms with E-state index >= 15 is 0 Å². The molecule has 156 valence electrons. The molecular weight excluding hydrogens is 489 g/mol. The van der Waals surface area contributed by atoms with Gasteiger partial charge in [-0.1, -0.05) is 23.7 Å². The number of benzene rings is 1. The maximum absolute atomic E-state index is 12.0. The Hall–Kier alpha value is -1.02. The molecule has 0 spiro atoms. The lowest BCUT2D eigenvalue weighted by atomic mass is 9.96. The smallest absolute Gasteiger partial charge is 0.309 e. The van der Waals surface area contributed by atoms with Crippen molar-refractivity contribution in [3.63, 3.8) is 0 Å². The predicted molar refractivity (Wildman–Crippen MR) is 125 cm³/mol. The van der Waals surface area contributed by atoms with Gasteiger partial charge in [0.1, 0.15) is 0 Å². The van der Waals surface area contributed by atoms with Crippen LogP contribution in [-0.4, -0.2) is 49.6 Å². The van der Waals surface area contributed by atoms with E-state index in [1.807, 2.05) is 19.1 Å². The van der Waals surface area contributed by atoms with Gasteiger partial charge in [-0.05, 0) is 57.2 Å². The molecule has 28 heavy (non-hydrogen) atoms. The summed E-state index contributed by atoms with van der Waals surface area (Å²) in [6.07, 6.45) is 3.99. The van der Waals surface area contributed by atoms with E-state index in [0.29, 0.717) is 6.61 Å². The van der Waals surface area contributed by atoms with Gasteiger partial charge in [0.25, 0.3) is 0 Å². The predicted octanol–water partition coefficient (Wildman–Crippen LogP) is 4.23. The molecule has 0 amide bonds. The van der Waals surface area contributed by atoms with Crippen LogP contribution in [0, 0.1) is 5.92 Å². The summed E-state index contributed by atoms with van der Waals surface area (Å²) < 4.78 is 5.17. The second-order valence-electron chi connectivity index (χ2n) is 7.47. The van der Waals surface area contributed by atoms with Crippen LogP contribution >= 0.6 is 35.6 Å². The number of carbonyl (C=O) groups excluding carboxylic acids is 1. The maximum Gasteiger partial charge on any atom is 0.309 e. The van der Waals surface area contributed by atoms with Gasteiger partial charge in [0.05, 0.1) is 19.1 Å². The summed E-state index contributed by atoms with van der Waals surface area (Å²) in [6.45, 7) is 7.70. The standard InChI is InChI=1S/C21H30ClN3O2.HI/c1-3-23-20(25-13-9-16(10-14-25)19(26)27-4-2)24-15-21(11-12-21)17-5-7-18(22)8-6-17;/h5-8,16H,3-4,9-15H2,1-2H3,(H,23,24);1H. The summed E-state index contributed by atoms with van der Waals surface area (Å²) in [5, 5.41) is 4.20. The quantitative estimate of drug-likeness (QED) is 0.265. The molecule has 0 aromatic heterocycles. The van der Waals surface area contributed by atoms with Crippen LogP contribution in [-0.2, 0) is 14.9 Å². The molecule has 1 saturated carbocycles. The molecule has 2 aliphatic rings. The molecule has 1 aliphatic heterocycles. The maximum atomic E-state index is 12.0. The van der Waals surface area contributed by atoms with Crippen molar-refractivity contribution in [2.24, 2.45) is 10.9 Å². The fourth-order valence-corrected chi connectivity index (χ4v) is 3.86. The van der Waals surface area contributed by atoms with Crippen LogP contribution in [0.15, 0.2) is 29.3 Å². The monoisotopic (exact) mass is 519 g/mol. The van der Waals surface area contributed by atoms with Crippen LogP contribution in [0.25, 0.3) is 0 Å². The van der Waals surface area contributed by atoms with Gasteiger partial charge in [0.2, 0.25) is 0 Å². The average Bonchev–Trinajstić information content (AvgIpc) is 3.47. The van der Waals surface area contributed by atoms with Crippen LogP contribution < -0.4 is 5.32 Å². The van der Waals surface area contributed by atoms with Gasteiger partial charge in [0, 0.05) is 30.1 Å². The van der Waals surface area contributed by atoms with Crippen molar-refractivity contribution < 1.29 is 9.53 Å². The summed E-state index contributed by atoms with van der Waals surface area (Å²) in [5.41, 5.74) is 1.49. The molecule has 3 rings (SSSR count). The Kier molecular flexibility index (Phi) is 8.86. The number of aliphatic imine (C=N–C) groups is 1. The Balaban J connectivity index is 0.00000280. The molecule has 1 aromatic carbocycles. The molecule has 0 radical (unpaired) electrons. The van der Waals surface area contributed by atoms with E-state index in [0.717, 1.165) is 50.0 Å². The number of ether oxygens (including phenoxy) is 1. The van der Waals surface area contributed by atoms with E-state index in [1.165, 1.54) is 18.4 Å². The molecule has 2 fully saturated rings. The van der Waals surface area contributed by atoms with Gasteiger partial charge in [-0.15, -0.1) is 24.0 Å². The number of guanidine groups is 1. The van der Waals surface area contributed by atoms with Crippen molar-refractivity contribution in [1.29, 1.82) is 0 Å². The molecule has 0 unspecified atom stereocenters. The molecule has 1 N–H and O–H groups in total. The Bertz CT molecular complexity index is 669. The first-order chi connectivity index (χ1) is 13.1. The highest BCUT2D eigenvalue weighted by molar-refractivity contribution is 14.0. The van der Waals surface area contributed by atoms with E-state index in [9.17, 15) is 4.79 Å². The number of carbonyl (C=O) groups is 1. The molecule has 7 heteroatoms. The molecule has 1 heterocycles. The van der Waals surface area contributed by atoms with Gasteiger partial charge < -0.3 is 15.0 Å². The third-order valence-electron chi connectivity index (χ3n) is 5.59.